The van der Waals surface area contributed by atoms with Crippen LogP contribution in [-0.4, -0.2) is 34.1 Å². The molecular weight excluding hydrogens is 351 g/mol. The van der Waals surface area contributed by atoms with Crippen LogP contribution in [0.3, 0.4) is 0 Å². The molecule has 1 aliphatic heterocycles. The van der Waals surface area contributed by atoms with Crippen LogP contribution in [0.5, 0.6) is 0 Å². The minimum absolute atomic E-state index is 0.364. The molecule has 0 radical (unpaired) electrons. The molecule has 5 heteroatoms. The van der Waals surface area contributed by atoms with Crippen LogP contribution in [-0.2, 0) is 0 Å². The summed E-state index contributed by atoms with van der Waals surface area (Å²) in [6, 6.07) is 6.69. The number of fused-ring (bicyclic) bond motifs is 1. The van der Waals surface area contributed by atoms with E-state index in [1.54, 1.807) is 0 Å². The standard InChI is InChI=1S/C14H19IN4/c1-10(9-18-6-2-3-7-18)19-13-5-4-11(15)8-12(13)17-14(19)16/h4-5,8,10H,2-3,6-7,9H2,1H3,(H2,16,17). The number of nitrogens with zero attached hydrogens (tertiary/aromatic N) is 3. The lowest BCUT2D eigenvalue weighted by Gasteiger charge is -2.22. The Hall–Kier alpha value is -0.820. The SMILES string of the molecule is CC(CN1CCCC1)n1c(N)nc2cc(I)ccc21. The highest BCUT2D eigenvalue weighted by atomic mass is 127. The van der Waals surface area contributed by atoms with Gasteiger partial charge in [0, 0.05) is 16.2 Å². The van der Waals surface area contributed by atoms with Crippen molar-refractivity contribution in [1.82, 2.24) is 14.5 Å². The molecule has 4 nitrogen and oxygen atoms in total. The van der Waals surface area contributed by atoms with Gasteiger partial charge in [-0.2, -0.15) is 0 Å². The van der Waals surface area contributed by atoms with Crippen LogP contribution in [0.2, 0.25) is 0 Å². The zero-order valence-corrected chi connectivity index (χ0v) is 13.3. The first kappa shape index (κ1) is 13.2. The second kappa shape index (κ2) is 5.28. The maximum atomic E-state index is 6.11. The number of imidazole rings is 1. The van der Waals surface area contributed by atoms with Crippen molar-refractivity contribution in [2.24, 2.45) is 0 Å². The second-order valence-electron chi connectivity index (χ2n) is 5.33. The first-order valence-electron chi connectivity index (χ1n) is 6.80. The van der Waals surface area contributed by atoms with Gasteiger partial charge in [0.15, 0.2) is 0 Å². The number of benzene rings is 1. The molecule has 1 atom stereocenters. The van der Waals surface area contributed by atoms with E-state index in [0.717, 1.165) is 17.6 Å². The van der Waals surface area contributed by atoms with E-state index < -0.39 is 0 Å². The van der Waals surface area contributed by atoms with E-state index in [1.807, 2.05) is 0 Å². The number of nitrogen functional groups attached to an aromatic ring is 1. The molecule has 1 aliphatic rings. The van der Waals surface area contributed by atoms with E-state index >= 15 is 0 Å². The zero-order valence-electron chi connectivity index (χ0n) is 11.1. The predicted octanol–water partition coefficient (Wildman–Crippen LogP) is 2.88. The molecule has 1 aromatic heterocycles. The molecule has 2 N–H and O–H groups in total. The maximum absolute atomic E-state index is 6.11. The highest BCUT2D eigenvalue weighted by molar-refractivity contribution is 14.1. The minimum atomic E-state index is 0.364. The molecule has 0 spiro atoms. The topological polar surface area (TPSA) is 47.1 Å². The van der Waals surface area contributed by atoms with Crippen LogP contribution in [0.15, 0.2) is 18.2 Å². The fourth-order valence-corrected chi connectivity index (χ4v) is 3.45. The number of likely N-dealkylation sites (tertiary alicyclic amines) is 1. The number of aromatic nitrogens is 2. The Morgan fingerprint density at radius 2 is 2.11 bits per heavy atom. The Bertz CT molecular complexity index is 586. The Labute approximate surface area is 127 Å². The van der Waals surface area contributed by atoms with E-state index in [1.165, 1.54) is 29.5 Å². The average Bonchev–Trinajstić information content (AvgIpc) is 2.95. The van der Waals surface area contributed by atoms with Crippen LogP contribution in [0.25, 0.3) is 11.0 Å². The molecule has 1 saturated heterocycles. The van der Waals surface area contributed by atoms with Crippen LogP contribution >= 0.6 is 22.6 Å². The van der Waals surface area contributed by atoms with Crippen molar-refractivity contribution in [3.63, 3.8) is 0 Å². The number of nitrogens with two attached hydrogens (primary N) is 1. The lowest BCUT2D eigenvalue weighted by molar-refractivity contribution is 0.291. The summed E-state index contributed by atoms with van der Waals surface area (Å²) in [5, 5.41) is 0. The number of anilines is 1. The van der Waals surface area contributed by atoms with Crippen molar-refractivity contribution in [2.45, 2.75) is 25.8 Å². The smallest absolute Gasteiger partial charge is 0.201 e. The lowest BCUT2D eigenvalue weighted by Crippen LogP contribution is -2.27. The largest absolute Gasteiger partial charge is 0.369 e. The van der Waals surface area contributed by atoms with Crippen LogP contribution < -0.4 is 5.73 Å². The summed E-state index contributed by atoms with van der Waals surface area (Å²) < 4.78 is 3.37. The van der Waals surface area contributed by atoms with Gasteiger partial charge in [-0.15, -0.1) is 0 Å². The van der Waals surface area contributed by atoms with Crippen molar-refractivity contribution in [1.29, 1.82) is 0 Å². The number of hydrogen-bond donors (Lipinski definition) is 1. The van der Waals surface area contributed by atoms with Gasteiger partial charge in [0.1, 0.15) is 0 Å². The molecule has 3 rings (SSSR count). The quantitative estimate of drug-likeness (QED) is 0.846. The zero-order chi connectivity index (χ0) is 13.4. The van der Waals surface area contributed by atoms with Crippen LogP contribution in [0, 0.1) is 3.57 Å². The molecule has 0 bridgehead atoms. The van der Waals surface area contributed by atoms with Crippen molar-refractivity contribution in [2.75, 3.05) is 25.4 Å². The highest BCUT2D eigenvalue weighted by Gasteiger charge is 2.19. The Kier molecular flexibility index (Phi) is 3.66. The molecular formula is C14H19IN4. The summed E-state index contributed by atoms with van der Waals surface area (Å²) in [6.45, 7) is 5.72. The summed E-state index contributed by atoms with van der Waals surface area (Å²) in [4.78, 5) is 7.00. The van der Waals surface area contributed by atoms with Crippen molar-refractivity contribution >= 4 is 39.6 Å². The normalized spacial score (nSPS) is 18.2. The monoisotopic (exact) mass is 370 g/mol. The minimum Gasteiger partial charge on any atom is -0.369 e. The number of hydrogen-bond acceptors (Lipinski definition) is 3. The van der Waals surface area contributed by atoms with Crippen LogP contribution in [0.4, 0.5) is 5.95 Å². The molecule has 0 amide bonds. The average molecular weight is 370 g/mol. The molecule has 102 valence electrons. The number of rotatable bonds is 3. The Balaban J connectivity index is 1.92. The van der Waals surface area contributed by atoms with Crippen LogP contribution in [0.1, 0.15) is 25.8 Å². The van der Waals surface area contributed by atoms with Gasteiger partial charge in [0.25, 0.3) is 0 Å². The summed E-state index contributed by atoms with van der Waals surface area (Å²) in [5.74, 6) is 0.628. The highest BCUT2D eigenvalue weighted by Crippen LogP contribution is 2.25. The van der Waals surface area contributed by atoms with Gasteiger partial charge in [0.2, 0.25) is 5.95 Å². The second-order valence-corrected chi connectivity index (χ2v) is 6.58. The van der Waals surface area contributed by atoms with Gasteiger partial charge >= 0.3 is 0 Å². The summed E-state index contributed by atoms with van der Waals surface area (Å²) >= 11 is 2.31. The van der Waals surface area contributed by atoms with E-state index in [2.05, 4.69) is 62.2 Å². The molecule has 0 saturated carbocycles. The molecule has 19 heavy (non-hydrogen) atoms. The van der Waals surface area contributed by atoms with E-state index in [4.69, 9.17) is 5.73 Å². The van der Waals surface area contributed by atoms with Gasteiger partial charge < -0.3 is 15.2 Å². The van der Waals surface area contributed by atoms with Gasteiger partial charge in [-0.25, -0.2) is 4.98 Å². The van der Waals surface area contributed by atoms with Gasteiger partial charge in [0.05, 0.1) is 11.0 Å². The van der Waals surface area contributed by atoms with Gasteiger partial charge in [-0.3, -0.25) is 0 Å². The van der Waals surface area contributed by atoms with Gasteiger partial charge in [-0.05, 0) is 73.6 Å². The summed E-state index contributed by atoms with van der Waals surface area (Å²) in [6.07, 6.45) is 2.65. The molecule has 1 unspecified atom stereocenters. The fraction of sp³-hybridized carbons (Fsp3) is 0.500. The van der Waals surface area contributed by atoms with Gasteiger partial charge in [-0.1, -0.05) is 0 Å². The summed E-state index contributed by atoms with van der Waals surface area (Å²) in [7, 11) is 0. The predicted molar refractivity (Wildman–Crippen MR) is 87.2 cm³/mol. The van der Waals surface area contributed by atoms with E-state index in [9.17, 15) is 0 Å². The Morgan fingerprint density at radius 3 is 2.84 bits per heavy atom. The van der Waals surface area contributed by atoms with E-state index in [0.29, 0.717) is 12.0 Å². The maximum Gasteiger partial charge on any atom is 0.201 e. The third-order valence-corrected chi connectivity index (χ3v) is 4.51. The molecule has 1 fully saturated rings. The first-order chi connectivity index (χ1) is 9.15. The summed E-state index contributed by atoms with van der Waals surface area (Å²) in [5.41, 5.74) is 8.25. The van der Waals surface area contributed by atoms with Crippen molar-refractivity contribution in [3.05, 3.63) is 21.8 Å². The van der Waals surface area contributed by atoms with E-state index in [-0.39, 0.29) is 0 Å². The lowest BCUT2D eigenvalue weighted by atomic mass is 10.2. The number of halogens is 1. The Morgan fingerprint density at radius 1 is 1.37 bits per heavy atom. The first-order valence-corrected chi connectivity index (χ1v) is 7.88. The third-order valence-electron chi connectivity index (χ3n) is 3.84. The molecule has 1 aromatic carbocycles. The van der Waals surface area contributed by atoms with Crippen molar-refractivity contribution in [3.8, 4) is 0 Å². The molecule has 2 aromatic rings. The fourth-order valence-electron chi connectivity index (χ4n) is 2.97. The molecule has 0 aliphatic carbocycles. The molecule has 2 heterocycles. The van der Waals surface area contributed by atoms with Crippen molar-refractivity contribution < 1.29 is 0 Å². The third kappa shape index (κ3) is 2.58.